The lowest BCUT2D eigenvalue weighted by Gasteiger charge is -2.38. The number of carbonyl (C=O) groups is 1. The van der Waals surface area contributed by atoms with Gasteiger partial charge in [0.15, 0.2) is 23.0 Å². The maximum absolute atomic E-state index is 12.6. The fourth-order valence-electron chi connectivity index (χ4n) is 3.52. The van der Waals surface area contributed by atoms with Gasteiger partial charge in [-0.05, 0) is 18.2 Å². The summed E-state index contributed by atoms with van der Waals surface area (Å²) in [5.74, 6) is -2.52. The van der Waals surface area contributed by atoms with Crippen molar-refractivity contribution in [2.24, 2.45) is 0 Å². The smallest absolute Gasteiger partial charge is 0.337 e. The largest absolute Gasteiger partial charge is 0.507 e. The number of methoxy groups -OCH3 is 1. The molecule has 1 unspecified atom stereocenters. The molecule has 1 saturated heterocycles. The van der Waals surface area contributed by atoms with Gasteiger partial charge >= 0.3 is 5.97 Å². The molecule has 2 aromatic carbocycles. The Labute approximate surface area is 190 Å². The van der Waals surface area contributed by atoms with Crippen molar-refractivity contribution in [3.8, 4) is 34.3 Å². The average molecular weight is 476 g/mol. The number of hydrogen-bond donors (Lipinski definition) is 6. The van der Waals surface area contributed by atoms with Crippen LogP contribution in [0.5, 0.6) is 23.0 Å². The molecule has 2 heterocycles. The maximum Gasteiger partial charge on any atom is 0.337 e. The third-order valence-corrected chi connectivity index (χ3v) is 5.30. The zero-order chi connectivity index (χ0) is 24.7. The van der Waals surface area contributed by atoms with Gasteiger partial charge in [-0.15, -0.1) is 0 Å². The first-order valence-corrected chi connectivity index (χ1v) is 9.88. The van der Waals surface area contributed by atoms with Crippen LogP contribution in [0.15, 0.2) is 45.6 Å². The van der Waals surface area contributed by atoms with Crippen molar-refractivity contribution < 1.29 is 54.1 Å². The highest BCUT2D eigenvalue weighted by Crippen LogP contribution is 2.35. The van der Waals surface area contributed by atoms with Crippen LogP contribution in [0.1, 0.15) is 0 Å². The van der Waals surface area contributed by atoms with Gasteiger partial charge in [0.05, 0.1) is 7.11 Å². The van der Waals surface area contributed by atoms with Gasteiger partial charge in [0.25, 0.3) is 0 Å². The first-order valence-electron chi connectivity index (χ1n) is 9.88. The van der Waals surface area contributed by atoms with Gasteiger partial charge in [-0.3, -0.25) is 4.79 Å². The van der Waals surface area contributed by atoms with Crippen LogP contribution >= 0.6 is 0 Å². The SMILES string of the molecule is COC(=O)[C@H]1OC(Oc2cc(O)c3c(=O)cc(-c4ccc(O)c(O)c4)oc3c2)[C@H](O)[C@@H](O)[C@@H]1O. The van der Waals surface area contributed by atoms with Crippen LogP contribution in [0.3, 0.4) is 0 Å². The fraction of sp³-hybridized carbons (Fsp3) is 0.273. The molecule has 0 bridgehead atoms. The number of aromatic hydroxyl groups is 3. The van der Waals surface area contributed by atoms with Crippen LogP contribution < -0.4 is 10.2 Å². The van der Waals surface area contributed by atoms with E-state index < -0.39 is 53.6 Å². The highest BCUT2D eigenvalue weighted by Gasteiger charge is 2.48. The van der Waals surface area contributed by atoms with E-state index in [4.69, 9.17) is 13.9 Å². The molecule has 0 aliphatic carbocycles. The number of phenols is 3. The lowest BCUT2D eigenvalue weighted by Crippen LogP contribution is -2.61. The molecule has 6 N–H and O–H groups in total. The molecule has 180 valence electrons. The molecule has 12 heteroatoms. The molecule has 4 rings (SSSR count). The van der Waals surface area contributed by atoms with Gasteiger partial charge in [-0.1, -0.05) is 0 Å². The van der Waals surface area contributed by atoms with Crippen molar-refractivity contribution in [1.29, 1.82) is 0 Å². The van der Waals surface area contributed by atoms with Crippen molar-refractivity contribution in [2.75, 3.05) is 7.11 Å². The van der Waals surface area contributed by atoms with Crippen molar-refractivity contribution in [3.63, 3.8) is 0 Å². The second-order valence-electron chi connectivity index (χ2n) is 7.53. The van der Waals surface area contributed by atoms with E-state index in [1.807, 2.05) is 0 Å². The summed E-state index contributed by atoms with van der Waals surface area (Å²) >= 11 is 0. The minimum Gasteiger partial charge on any atom is -0.507 e. The van der Waals surface area contributed by atoms with Gasteiger partial charge in [0.1, 0.15) is 46.5 Å². The number of carbonyl (C=O) groups excluding carboxylic acids is 1. The Morgan fingerprint density at radius 3 is 2.32 bits per heavy atom. The Hall–Kier alpha value is -3.84. The topological polar surface area (TPSA) is 196 Å². The molecule has 1 fully saturated rings. The lowest BCUT2D eigenvalue weighted by atomic mass is 9.99. The van der Waals surface area contributed by atoms with Crippen LogP contribution in [-0.2, 0) is 14.3 Å². The number of hydrogen-bond acceptors (Lipinski definition) is 12. The van der Waals surface area contributed by atoms with Gasteiger partial charge in [0, 0.05) is 23.8 Å². The van der Waals surface area contributed by atoms with Crippen molar-refractivity contribution in [2.45, 2.75) is 30.7 Å². The molecule has 0 amide bonds. The molecular weight excluding hydrogens is 456 g/mol. The highest BCUT2D eigenvalue weighted by atomic mass is 16.7. The Bertz CT molecular complexity index is 1300. The monoisotopic (exact) mass is 476 g/mol. The number of phenolic OH excluding ortho intramolecular Hbond substituents is 3. The zero-order valence-electron chi connectivity index (χ0n) is 17.5. The molecule has 1 aliphatic heterocycles. The predicted molar refractivity (Wildman–Crippen MR) is 112 cm³/mol. The molecular formula is C22H20O12. The molecule has 0 saturated carbocycles. The van der Waals surface area contributed by atoms with E-state index in [0.717, 1.165) is 19.2 Å². The van der Waals surface area contributed by atoms with Gasteiger partial charge in [-0.25, -0.2) is 4.79 Å². The predicted octanol–water partition coefficient (Wildman–Crippen LogP) is -0.0638. The minimum absolute atomic E-state index is 0.00241. The van der Waals surface area contributed by atoms with Crippen LogP contribution in [0.2, 0.25) is 0 Å². The van der Waals surface area contributed by atoms with Crippen molar-refractivity contribution >= 4 is 16.9 Å². The number of aliphatic hydroxyl groups is 3. The van der Waals surface area contributed by atoms with E-state index in [2.05, 4.69) is 4.74 Å². The molecule has 34 heavy (non-hydrogen) atoms. The minimum atomic E-state index is -1.82. The molecule has 0 spiro atoms. The van der Waals surface area contributed by atoms with E-state index in [1.165, 1.54) is 24.3 Å². The Morgan fingerprint density at radius 1 is 0.912 bits per heavy atom. The van der Waals surface area contributed by atoms with Crippen LogP contribution in [0, 0.1) is 0 Å². The standard InChI is InChI=1S/C22H20O12/c1-31-21(30)20-18(28)17(27)19(29)22(34-20)32-9-5-12(25)16-13(26)7-14(33-15(16)6-9)8-2-3-10(23)11(24)4-8/h2-7,17-20,22-25,27-29H,1H3/t17-,18-,19+,20-,22?/m0/s1. The summed E-state index contributed by atoms with van der Waals surface area (Å²) in [5.41, 5.74) is -0.504. The Kier molecular flexibility index (Phi) is 6.06. The average Bonchev–Trinajstić information content (AvgIpc) is 2.80. The molecule has 1 aromatic heterocycles. The summed E-state index contributed by atoms with van der Waals surface area (Å²) in [6, 6.07) is 7.08. The second kappa shape index (κ2) is 8.83. The molecule has 1 aliphatic rings. The summed E-state index contributed by atoms with van der Waals surface area (Å²) < 4.78 is 20.9. The third kappa shape index (κ3) is 4.10. The van der Waals surface area contributed by atoms with E-state index in [-0.39, 0.29) is 33.8 Å². The van der Waals surface area contributed by atoms with Crippen LogP contribution in [0.25, 0.3) is 22.3 Å². The van der Waals surface area contributed by atoms with Crippen LogP contribution in [-0.4, -0.2) is 74.4 Å². The van der Waals surface area contributed by atoms with Gasteiger partial charge < -0.3 is 49.3 Å². The number of esters is 1. The number of fused-ring (bicyclic) bond motifs is 1. The van der Waals surface area contributed by atoms with Crippen molar-refractivity contribution in [1.82, 2.24) is 0 Å². The summed E-state index contributed by atoms with van der Waals surface area (Å²) in [5, 5.41) is 59.6. The van der Waals surface area contributed by atoms with E-state index in [1.54, 1.807) is 0 Å². The van der Waals surface area contributed by atoms with E-state index in [9.17, 15) is 40.2 Å². The van der Waals surface area contributed by atoms with Gasteiger partial charge in [-0.2, -0.15) is 0 Å². The zero-order valence-corrected chi connectivity index (χ0v) is 17.5. The maximum atomic E-state index is 12.6. The van der Waals surface area contributed by atoms with Crippen LogP contribution in [0.4, 0.5) is 0 Å². The second-order valence-corrected chi connectivity index (χ2v) is 7.53. The molecule has 0 radical (unpaired) electrons. The molecule has 12 nitrogen and oxygen atoms in total. The summed E-state index contributed by atoms with van der Waals surface area (Å²) in [6.07, 6.45) is -8.71. The molecule has 3 aromatic rings. The third-order valence-electron chi connectivity index (χ3n) is 5.30. The quantitative estimate of drug-likeness (QED) is 0.217. The van der Waals surface area contributed by atoms with Gasteiger partial charge in [0.2, 0.25) is 6.29 Å². The summed E-state index contributed by atoms with van der Waals surface area (Å²) in [4.78, 5) is 24.4. The summed E-state index contributed by atoms with van der Waals surface area (Å²) in [6.45, 7) is 0. The Morgan fingerprint density at radius 2 is 1.65 bits per heavy atom. The number of aliphatic hydroxyl groups excluding tert-OH is 3. The fourth-order valence-corrected chi connectivity index (χ4v) is 3.52. The van der Waals surface area contributed by atoms with E-state index >= 15 is 0 Å². The summed E-state index contributed by atoms with van der Waals surface area (Å²) in [7, 11) is 1.04. The highest BCUT2D eigenvalue weighted by molar-refractivity contribution is 5.86. The molecule has 5 atom stereocenters. The first kappa shape index (κ1) is 23.3. The normalized spacial score (nSPS) is 24.6. The number of ether oxygens (including phenoxy) is 3. The van der Waals surface area contributed by atoms with E-state index in [0.29, 0.717) is 0 Å². The lowest BCUT2D eigenvalue weighted by molar-refractivity contribution is -0.271. The number of benzene rings is 2. The van der Waals surface area contributed by atoms with Crippen molar-refractivity contribution in [3.05, 3.63) is 46.6 Å². The number of rotatable bonds is 4. The first-order chi connectivity index (χ1) is 16.1. The Balaban J connectivity index is 1.71.